The van der Waals surface area contributed by atoms with Crippen LogP contribution in [0.15, 0.2) is 24.3 Å². The SMILES string of the molecule is COc1ccc(CC(=O)S)cc1. The predicted molar refractivity (Wildman–Crippen MR) is 50.7 cm³/mol. The average molecular weight is 182 g/mol. The van der Waals surface area contributed by atoms with Crippen LogP contribution in [0.2, 0.25) is 0 Å². The largest absolute Gasteiger partial charge is 0.497 e. The quantitative estimate of drug-likeness (QED) is 0.720. The van der Waals surface area contributed by atoms with Gasteiger partial charge in [-0.1, -0.05) is 12.1 Å². The molecular formula is C9H10O2S. The zero-order chi connectivity index (χ0) is 8.97. The van der Waals surface area contributed by atoms with Crippen LogP contribution in [-0.2, 0) is 11.2 Å². The van der Waals surface area contributed by atoms with Crippen molar-refractivity contribution in [2.45, 2.75) is 6.42 Å². The minimum atomic E-state index is -0.125. The Kier molecular flexibility index (Phi) is 3.17. The summed E-state index contributed by atoms with van der Waals surface area (Å²) in [5, 5.41) is -0.125. The molecule has 3 heteroatoms. The van der Waals surface area contributed by atoms with Crippen LogP contribution in [0.5, 0.6) is 5.75 Å². The van der Waals surface area contributed by atoms with Crippen molar-refractivity contribution in [1.29, 1.82) is 0 Å². The molecular weight excluding hydrogens is 172 g/mol. The van der Waals surface area contributed by atoms with Gasteiger partial charge in [0, 0.05) is 6.42 Å². The van der Waals surface area contributed by atoms with Crippen LogP contribution in [0.4, 0.5) is 0 Å². The molecule has 1 aromatic carbocycles. The van der Waals surface area contributed by atoms with Crippen molar-refractivity contribution in [2.24, 2.45) is 0 Å². The molecule has 0 aliphatic heterocycles. The molecule has 1 rings (SSSR count). The van der Waals surface area contributed by atoms with Gasteiger partial charge in [0.25, 0.3) is 0 Å². The van der Waals surface area contributed by atoms with E-state index in [9.17, 15) is 4.79 Å². The van der Waals surface area contributed by atoms with E-state index in [2.05, 4.69) is 12.6 Å². The Morgan fingerprint density at radius 2 is 2.00 bits per heavy atom. The van der Waals surface area contributed by atoms with Gasteiger partial charge < -0.3 is 4.74 Å². The van der Waals surface area contributed by atoms with Gasteiger partial charge in [0.1, 0.15) is 5.75 Å². The Labute approximate surface area is 77.0 Å². The van der Waals surface area contributed by atoms with Gasteiger partial charge in [-0.15, -0.1) is 12.6 Å². The number of ether oxygens (including phenoxy) is 1. The summed E-state index contributed by atoms with van der Waals surface area (Å²) in [4.78, 5) is 10.6. The van der Waals surface area contributed by atoms with Gasteiger partial charge in [0.15, 0.2) is 5.12 Å². The number of carbonyl (C=O) groups is 1. The minimum absolute atomic E-state index is 0.125. The first-order valence-corrected chi connectivity index (χ1v) is 4.02. The highest BCUT2D eigenvalue weighted by Crippen LogP contribution is 2.11. The first kappa shape index (κ1) is 9.13. The fourth-order valence-electron chi connectivity index (χ4n) is 0.918. The van der Waals surface area contributed by atoms with Gasteiger partial charge in [0.2, 0.25) is 0 Å². The Bertz CT molecular complexity index is 266. The average Bonchev–Trinajstić information content (AvgIpc) is 2.05. The monoisotopic (exact) mass is 182 g/mol. The summed E-state index contributed by atoms with van der Waals surface area (Å²) in [7, 11) is 1.61. The lowest BCUT2D eigenvalue weighted by Gasteiger charge is -2.00. The molecule has 0 amide bonds. The zero-order valence-corrected chi connectivity index (χ0v) is 7.67. The second-order valence-corrected chi connectivity index (χ2v) is 2.92. The van der Waals surface area contributed by atoms with E-state index >= 15 is 0 Å². The highest BCUT2D eigenvalue weighted by molar-refractivity contribution is 7.96. The lowest BCUT2D eigenvalue weighted by atomic mass is 10.2. The number of hydrogen-bond acceptors (Lipinski definition) is 2. The molecule has 0 radical (unpaired) electrons. The number of methoxy groups -OCH3 is 1. The summed E-state index contributed by atoms with van der Waals surface area (Å²) in [6.45, 7) is 0. The molecule has 2 nitrogen and oxygen atoms in total. The molecule has 0 bridgehead atoms. The van der Waals surface area contributed by atoms with E-state index in [1.54, 1.807) is 7.11 Å². The van der Waals surface area contributed by atoms with Crippen LogP contribution in [-0.4, -0.2) is 12.2 Å². The number of thiol groups is 1. The normalized spacial score (nSPS) is 9.50. The molecule has 1 aromatic rings. The number of carbonyl (C=O) groups excluding carboxylic acids is 1. The van der Waals surface area contributed by atoms with Crippen molar-refractivity contribution < 1.29 is 9.53 Å². The molecule has 0 aliphatic carbocycles. The van der Waals surface area contributed by atoms with Gasteiger partial charge in [-0.25, -0.2) is 0 Å². The topological polar surface area (TPSA) is 26.3 Å². The van der Waals surface area contributed by atoms with Crippen LogP contribution in [0.1, 0.15) is 5.56 Å². The molecule has 0 saturated heterocycles. The second-order valence-electron chi connectivity index (χ2n) is 2.42. The molecule has 12 heavy (non-hydrogen) atoms. The molecule has 0 saturated carbocycles. The number of benzene rings is 1. The highest BCUT2D eigenvalue weighted by Gasteiger charge is 1.97. The summed E-state index contributed by atoms with van der Waals surface area (Å²) < 4.78 is 4.97. The fraction of sp³-hybridized carbons (Fsp3) is 0.222. The van der Waals surface area contributed by atoms with Crippen molar-refractivity contribution in [2.75, 3.05) is 7.11 Å². The van der Waals surface area contributed by atoms with E-state index in [1.165, 1.54) is 0 Å². The summed E-state index contributed by atoms with van der Waals surface area (Å²) in [5.74, 6) is 0.797. The van der Waals surface area contributed by atoms with Crippen molar-refractivity contribution >= 4 is 17.7 Å². The summed E-state index contributed by atoms with van der Waals surface area (Å²) in [6, 6.07) is 7.36. The van der Waals surface area contributed by atoms with Crippen molar-refractivity contribution in [3.63, 3.8) is 0 Å². The third-order valence-electron chi connectivity index (χ3n) is 1.51. The summed E-state index contributed by atoms with van der Waals surface area (Å²) in [6.07, 6.45) is 0.368. The third-order valence-corrected chi connectivity index (χ3v) is 1.67. The van der Waals surface area contributed by atoms with E-state index < -0.39 is 0 Å². The molecule has 0 spiro atoms. The van der Waals surface area contributed by atoms with E-state index in [0.29, 0.717) is 6.42 Å². The Balaban J connectivity index is 2.71. The van der Waals surface area contributed by atoms with Crippen molar-refractivity contribution in [3.8, 4) is 5.75 Å². The van der Waals surface area contributed by atoms with E-state index in [4.69, 9.17) is 4.74 Å². The maximum Gasteiger partial charge on any atom is 0.190 e. The fourth-order valence-corrected chi connectivity index (χ4v) is 1.10. The third kappa shape index (κ3) is 2.58. The molecule has 64 valence electrons. The first-order valence-electron chi connectivity index (χ1n) is 3.57. The molecule has 0 N–H and O–H groups in total. The Morgan fingerprint density at radius 1 is 1.42 bits per heavy atom. The van der Waals surface area contributed by atoms with Crippen LogP contribution >= 0.6 is 12.6 Å². The van der Waals surface area contributed by atoms with Crippen LogP contribution in [0.3, 0.4) is 0 Å². The molecule has 0 aliphatic rings. The maximum absolute atomic E-state index is 10.6. The van der Waals surface area contributed by atoms with Gasteiger partial charge in [-0.05, 0) is 17.7 Å². The lowest BCUT2D eigenvalue weighted by Crippen LogP contribution is -1.93. The van der Waals surface area contributed by atoms with Crippen LogP contribution in [0, 0.1) is 0 Å². The zero-order valence-electron chi connectivity index (χ0n) is 6.78. The Hall–Kier alpha value is -0.960. The summed E-state index contributed by atoms with van der Waals surface area (Å²) in [5.41, 5.74) is 0.954. The standard InChI is InChI=1S/C9H10O2S/c1-11-8-4-2-7(3-5-8)6-9(10)12/h2-5H,6H2,1H3,(H,10,12). The van der Waals surface area contributed by atoms with Gasteiger partial charge in [-0.2, -0.15) is 0 Å². The van der Waals surface area contributed by atoms with Gasteiger partial charge in [0.05, 0.1) is 7.11 Å². The predicted octanol–water partition coefficient (Wildman–Crippen LogP) is 1.69. The van der Waals surface area contributed by atoms with E-state index in [-0.39, 0.29) is 5.12 Å². The highest BCUT2D eigenvalue weighted by atomic mass is 32.1. The molecule has 0 heterocycles. The Morgan fingerprint density at radius 3 is 2.42 bits per heavy atom. The van der Waals surface area contributed by atoms with E-state index in [0.717, 1.165) is 11.3 Å². The smallest absolute Gasteiger partial charge is 0.190 e. The van der Waals surface area contributed by atoms with Crippen LogP contribution < -0.4 is 4.74 Å². The van der Waals surface area contributed by atoms with E-state index in [1.807, 2.05) is 24.3 Å². The van der Waals surface area contributed by atoms with Crippen LogP contribution in [0.25, 0.3) is 0 Å². The maximum atomic E-state index is 10.6. The first-order chi connectivity index (χ1) is 5.72. The van der Waals surface area contributed by atoms with Crippen molar-refractivity contribution in [1.82, 2.24) is 0 Å². The molecule has 0 fully saturated rings. The number of hydrogen-bond donors (Lipinski definition) is 1. The lowest BCUT2D eigenvalue weighted by molar-refractivity contribution is -0.110. The van der Waals surface area contributed by atoms with Gasteiger partial charge >= 0.3 is 0 Å². The minimum Gasteiger partial charge on any atom is -0.497 e. The molecule has 0 atom stereocenters. The molecule has 0 unspecified atom stereocenters. The van der Waals surface area contributed by atoms with Gasteiger partial charge in [-0.3, -0.25) is 4.79 Å². The second kappa shape index (κ2) is 4.16. The summed E-state index contributed by atoms with van der Waals surface area (Å²) >= 11 is 3.69. The van der Waals surface area contributed by atoms with Crippen molar-refractivity contribution in [3.05, 3.63) is 29.8 Å². The number of rotatable bonds is 3. The molecule has 0 aromatic heterocycles.